The first-order valence-electron chi connectivity index (χ1n) is 6.51. The highest BCUT2D eigenvalue weighted by Gasteiger charge is 2.16. The molecule has 0 heterocycles. The fourth-order valence-electron chi connectivity index (χ4n) is 1.49. The van der Waals surface area contributed by atoms with Gasteiger partial charge in [0.1, 0.15) is 0 Å². The Morgan fingerprint density at radius 2 is 1.83 bits per heavy atom. The molecule has 0 aromatic heterocycles. The fourth-order valence-corrected chi connectivity index (χ4v) is 2.37. The highest BCUT2D eigenvalue weighted by Crippen LogP contribution is 2.02. The third kappa shape index (κ3) is 7.66. The van der Waals surface area contributed by atoms with E-state index in [1.807, 2.05) is 13.8 Å². The van der Waals surface area contributed by atoms with Gasteiger partial charge < -0.3 is 5.32 Å². The molecule has 0 aliphatic heterocycles. The average molecular weight is 278 g/mol. The summed E-state index contributed by atoms with van der Waals surface area (Å²) in [4.78, 5) is 11.4. The Labute approximate surface area is 111 Å². The minimum absolute atomic E-state index is 0.0444. The van der Waals surface area contributed by atoms with Crippen molar-refractivity contribution in [2.75, 3.05) is 25.9 Å². The van der Waals surface area contributed by atoms with Crippen LogP contribution in [0, 0.1) is 5.92 Å². The zero-order chi connectivity index (χ0) is 14.2. The lowest BCUT2D eigenvalue weighted by Gasteiger charge is -2.20. The van der Waals surface area contributed by atoms with Crippen LogP contribution in [-0.2, 0) is 14.8 Å². The molecule has 0 aromatic carbocycles. The number of rotatable bonds is 9. The number of carbonyl (C=O) groups is 1. The Hall–Kier alpha value is -0.620. The lowest BCUT2D eigenvalue weighted by atomic mass is 10.2. The summed E-state index contributed by atoms with van der Waals surface area (Å²) in [7, 11) is -3.18. The molecule has 0 unspecified atom stereocenters. The molecule has 0 aliphatic carbocycles. The summed E-state index contributed by atoms with van der Waals surface area (Å²) in [5.74, 6) is -0.117. The van der Waals surface area contributed by atoms with Crippen LogP contribution < -0.4 is 5.32 Å². The quantitative estimate of drug-likeness (QED) is 0.645. The van der Waals surface area contributed by atoms with Crippen molar-refractivity contribution in [1.82, 2.24) is 9.62 Å². The molecule has 0 saturated heterocycles. The molecule has 0 spiro atoms. The maximum atomic E-state index is 11.5. The number of amides is 1. The number of sulfonamides is 1. The molecule has 0 saturated carbocycles. The topological polar surface area (TPSA) is 66.5 Å². The Morgan fingerprint density at radius 3 is 2.28 bits per heavy atom. The van der Waals surface area contributed by atoms with Gasteiger partial charge in [0.2, 0.25) is 15.9 Å². The van der Waals surface area contributed by atoms with E-state index in [9.17, 15) is 13.2 Å². The highest BCUT2D eigenvalue weighted by molar-refractivity contribution is 7.88. The number of unbranched alkanes of at least 4 members (excludes halogenated alkanes) is 2. The van der Waals surface area contributed by atoms with E-state index in [1.54, 1.807) is 0 Å². The fraction of sp³-hybridized carbons (Fsp3) is 0.917. The summed E-state index contributed by atoms with van der Waals surface area (Å²) in [6.07, 6.45) is 4.15. The van der Waals surface area contributed by atoms with Crippen LogP contribution in [0.15, 0.2) is 0 Å². The van der Waals surface area contributed by atoms with Gasteiger partial charge in [-0.3, -0.25) is 4.79 Å². The molecule has 0 radical (unpaired) electrons. The molecule has 0 rings (SSSR count). The molecule has 0 bridgehead atoms. The van der Waals surface area contributed by atoms with E-state index in [4.69, 9.17) is 0 Å². The van der Waals surface area contributed by atoms with Crippen LogP contribution in [0.2, 0.25) is 0 Å². The van der Waals surface area contributed by atoms with Gasteiger partial charge in [0.15, 0.2) is 0 Å². The molecule has 1 amide bonds. The van der Waals surface area contributed by atoms with Crippen molar-refractivity contribution < 1.29 is 13.2 Å². The van der Waals surface area contributed by atoms with Crippen LogP contribution in [0.1, 0.15) is 40.0 Å². The summed E-state index contributed by atoms with van der Waals surface area (Å²) < 4.78 is 24.5. The van der Waals surface area contributed by atoms with E-state index in [-0.39, 0.29) is 11.8 Å². The minimum atomic E-state index is -3.18. The van der Waals surface area contributed by atoms with Crippen molar-refractivity contribution in [3.63, 3.8) is 0 Å². The van der Waals surface area contributed by atoms with E-state index in [2.05, 4.69) is 12.2 Å². The predicted molar refractivity (Wildman–Crippen MR) is 73.8 cm³/mol. The first-order valence-corrected chi connectivity index (χ1v) is 8.36. The minimum Gasteiger partial charge on any atom is -0.355 e. The first kappa shape index (κ1) is 17.4. The third-order valence-electron chi connectivity index (χ3n) is 2.66. The highest BCUT2D eigenvalue weighted by atomic mass is 32.2. The van der Waals surface area contributed by atoms with Crippen molar-refractivity contribution in [3.8, 4) is 0 Å². The molecule has 0 fully saturated rings. The lowest BCUT2D eigenvalue weighted by Crippen LogP contribution is -2.39. The predicted octanol–water partition coefficient (Wildman–Crippen LogP) is 1.21. The Balaban J connectivity index is 4.14. The zero-order valence-electron chi connectivity index (χ0n) is 11.9. The van der Waals surface area contributed by atoms with Gasteiger partial charge in [-0.25, -0.2) is 12.7 Å². The smallest absolute Gasteiger partial charge is 0.222 e. The van der Waals surface area contributed by atoms with E-state index >= 15 is 0 Å². The molecule has 6 heteroatoms. The number of nitrogens with zero attached hydrogens (tertiary/aromatic N) is 1. The van der Waals surface area contributed by atoms with Gasteiger partial charge in [-0.1, -0.05) is 33.6 Å². The van der Waals surface area contributed by atoms with Gasteiger partial charge in [-0.15, -0.1) is 0 Å². The second-order valence-electron chi connectivity index (χ2n) is 4.81. The second-order valence-corrected chi connectivity index (χ2v) is 6.80. The lowest BCUT2D eigenvalue weighted by molar-refractivity contribution is -0.123. The van der Waals surface area contributed by atoms with Gasteiger partial charge >= 0.3 is 0 Å². The molecule has 108 valence electrons. The van der Waals surface area contributed by atoms with Crippen molar-refractivity contribution in [3.05, 3.63) is 0 Å². The molecule has 1 N–H and O–H groups in total. The monoisotopic (exact) mass is 278 g/mol. The SMILES string of the molecule is CCCCCN(CCNC(=O)C(C)C)S(C)(=O)=O. The van der Waals surface area contributed by atoms with Gasteiger partial charge in [0, 0.05) is 25.6 Å². The number of hydrogen-bond donors (Lipinski definition) is 1. The molecule has 0 aromatic rings. The first-order chi connectivity index (χ1) is 8.29. The number of nitrogens with one attached hydrogen (secondary N) is 1. The average Bonchev–Trinajstić information content (AvgIpc) is 2.25. The molecule has 18 heavy (non-hydrogen) atoms. The van der Waals surface area contributed by atoms with E-state index in [0.29, 0.717) is 19.6 Å². The number of hydrogen-bond acceptors (Lipinski definition) is 3. The van der Waals surface area contributed by atoms with Crippen LogP contribution in [0.4, 0.5) is 0 Å². The van der Waals surface area contributed by atoms with Crippen molar-refractivity contribution in [1.29, 1.82) is 0 Å². The second kappa shape index (κ2) is 8.48. The van der Waals surface area contributed by atoms with Gasteiger partial charge in [0.05, 0.1) is 6.26 Å². The van der Waals surface area contributed by atoms with Crippen LogP contribution >= 0.6 is 0 Å². The molecule has 0 atom stereocenters. The Morgan fingerprint density at radius 1 is 1.22 bits per heavy atom. The van der Waals surface area contributed by atoms with Crippen LogP contribution in [0.3, 0.4) is 0 Å². The zero-order valence-corrected chi connectivity index (χ0v) is 12.7. The summed E-state index contributed by atoms with van der Waals surface area (Å²) in [6, 6.07) is 0. The summed E-state index contributed by atoms with van der Waals surface area (Å²) >= 11 is 0. The molecule has 5 nitrogen and oxygen atoms in total. The van der Waals surface area contributed by atoms with E-state index < -0.39 is 10.0 Å². The Kier molecular flexibility index (Phi) is 8.18. The molecular weight excluding hydrogens is 252 g/mol. The molecule has 0 aliphatic rings. The van der Waals surface area contributed by atoms with Crippen LogP contribution in [0.5, 0.6) is 0 Å². The van der Waals surface area contributed by atoms with E-state index in [1.165, 1.54) is 10.6 Å². The van der Waals surface area contributed by atoms with Crippen molar-refractivity contribution >= 4 is 15.9 Å². The Bertz CT molecular complexity index is 339. The van der Waals surface area contributed by atoms with Crippen molar-refractivity contribution in [2.45, 2.75) is 40.0 Å². The maximum absolute atomic E-state index is 11.5. The normalized spacial score (nSPS) is 12.1. The van der Waals surface area contributed by atoms with Crippen LogP contribution in [0.25, 0.3) is 0 Å². The summed E-state index contributed by atoms with van der Waals surface area (Å²) in [5.41, 5.74) is 0. The van der Waals surface area contributed by atoms with Crippen molar-refractivity contribution in [2.24, 2.45) is 5.92 Å². The summed E-state index contributed by atoms with van der Waals surface area (Å²) in [5, 5.41) is 2.73. The van der Waals surface area contributed by atoms with Crippen LogP contribution in [-0.4, -0.2) is 44.5 Å². The third-order valence-corrected chi connectivity index (χ3v) is 3.97. The van der Waals surface area contributed by atoms with E-state index in [0.717, 1.165) is 19.3 Å². The van der Waals surface area contributed by atoms with Gasteiger partial charge in [0.25, 0.3) is 0 Å². The van der Waals surface area contributed by atoms with Gasteiger partial charge in [-0.2, -0.15) is 0 Å². The van der Waals surface area contributed by atoms with Gasteiger partial charge in [-0.05, 0) is 6.42 Å². The maximum Gasteiger partial charge on any atom is 0.222 e. The standard InChI is InChI=1S/C12H26N2O3S/c1-5-6-7-9-14(18(4,16)17)10-8-13-12(15)11(2)3/h11H,5-10H2,1-4H3,(H,13,15). The number of carbonyl (C=O) groups excluding carboxylic acids is 1. The summed E-state index contributed by atoms with van der Waals surface area (Å²) in [6.45, 7) is 6.95. The largest absolute Gasteiger partial charge is 0.355 e. The molecular formula is C12H26N2O3S.